The minimum Gasteiger partial charge on any atom is -0.456 e. The average Bonchev–Trinajstić information content (AvgIpc) is 3.97. The molecule has 0 radical (unpaired) electrons. The van der Waals surface area contributed by atoms with Crippen LogP contribution in [0.25, 0.3) is 128 Å². The molecule has 13 rings (SSSR count). The Hall–Kier alpha value is -9.26. The Labute approximate surface area is 392 Å². The first kappa shape index (κ1) is 39.1. The molecule has 0 saturated carbocycles. The van der Waals surface area contributed by atoms with Gasteiger partial charge in [0.2, 0.25) is 0 Å². The molecule has 68 heavy (non-hydrogen) atoms. The number of nitrogens with zero attached hydrogens (tertiary/aromatic N) is 5. The van der Waals surface area contributed by atoms with Crippen LogP contribution >= 0.6 is 0 Å². The van der Waals surface area contributed by atoms with Crippen LogP contribution in [-0.4, -0.2) is 24.5 Å². The standard InChI is InChI=1S/C62H39N5O/c1-6-18-40(19-7-1)44-30-32-48(41-20-8-2-9-21-41)51(36-44)46-37-52(62-65-60(42-22-10-3-11-23-42)64-61(66-62)43-24-12-4-13-25-43)59(63-39-46)45-31-33-50-56(38-45)68-55-35-34-54-57(58(50)55)49-28-16-17-29-53(49)67(54)47-26-14-5-15-27-47/h1-39H. The smallest absolute Gasteiger partial charge is 0.166 e. The van der Waals surface area contributed by atoms with E-state index in [1.54, 1.807) is 0 Å². The largest absolute Gasteiger partial charge is 0.456 e. The second-order valence-electron chi connectivity index (χ2n) is 17.0. The van der Waals surface area contributed by atoms with E-state index in [0.29, 0.717) is 17.5 Å². The minimum atomic E-state index is 0.516. The normalized spacial score (nSPS) is 11.5. The van der Waals surface area contributed by atoms with Gasteiger partial charge >= 0.3 is 0 Å². The number of benzene rings is 9. The first-order chi connectivity index (χ1) is 33.7. The molecule has 0 spiro atoms. The van der Waals surface area contributed by atoms with E-state index in [1.165, 1.54) is 5.39 Å². The van der Waals surface area contributed by atoms with E-state index in [-0.39, 0.29) is 0 Å². The molecule has 0 aliphatic carbocycles. The van der Waals surface area contributed by atoms with Crippen molar-refractivity contribution in [3.63, 3.8) is 0 Å². The number of para-hydroxylation sites is 2. The predicted molar refractivity (Wildman–Crippen MR) is 277 cm³/mol. The summed E-state index contributed by atoms with van der Waals surface area (Å²) in [5, 5.41) is 4.46. The van der Waals surface area contributed by atoms with Crippen molar-refractivity contribution in [2.75, 3.05) is 0 Å². The zero-order valence-corrected chi connectivity index (χ0v) is 36.7. The summed E-state index contributed by atoms with van der Waals surface area (Å²) in [5.41, 5.74) is 15.6. The van der Waals surface area contributed by atoms with Crippen molar-refractivity contribution in [2.24, 2.45) is 0 Å². The van der Waals surface area contributed by atoms with Gasteiger partial charge in [-0.25, -0.2) is 15.0 Å². The Kier molecular flexibility index (Phi) is 9.39. The van der Waals surface area contributed by atoms with Crippen LogP contribution in [0.5, 0.6) is 0 Å². The highest BCUT2D eigenvalue weighted by Gasteiger charge is 2.23. The van der Waals surface area contributed by atoms with Crippen molar-refractivity contribution in [3.05, 3.63) is 237 Å². The maximum absolute atomic E-state index is 6.82. The van der Waals surface area contributed by atoms with Gasteiger partial charge in [-0.2, -0.15) is 0 Å². The van der Waals surface area contributed by atoms with Crippen molar-refractivity contribution >= 4 is 43.7 Å². The van der Waals surface area contributed by atoms with Crippen LogP contribution in [-0.2, 0) is 0 Å². The van der Waals surface area contributed by atoms with Crippen LogP contribution in [0.15, 0.2) is 241 Å². The van der Waals surface area contributed by atoms with Gasteiger partial charge in [0.1, 0.15) is 11.2 Å². The SMILES string of the molecule is c1ccc(-c2ccc(-c3ccccc3)c(-c3cnc(-c4ccc5c(c4)oc4ccc6c(c7ccccc7n6-c6ccccc6)c45)c(-c4nc(-c5ccccc5)nc(-c5ccccc5)n4)c3)c2)cc1. The highest BCUT2D eigenvalue weighted by Crippen LogP contribution is 2.44. The monoisotopic (exact) mass is 869 g/mol. The summed E-state index contributed by atoms with van der Waals surface area (Å²) in [6, 6.07) is 80.0. The van der Waals surface area contributed by atoms with Gasteiger partial charge in [0, 0.05) is 61.2 Å². The third kappa shape index (κ3) is 6.74. The Morgan fingerprint density at radius 2 is 0.897 bits per heavy atom. The highest BCUT2D eigenvalue weighted by atomic mass is 16.3. The van der Waals surface area contributed by atoms with Crippen molar-refractivity contribution in [2.45, 2.75) is 0 Å². The fourth-order valence-electron chi connectivity index (χ4n) is 9.73. The zero-order valence-electron chi connectivity index (χ0n) is 36.7. The zero-order chi connectivity index (χ0) is 45.0. The van der Waals surface area contributed by atoms with Gasteiger partial charge in [-0.1, -0.05) is 176 Å². The molecule has 9 aromatic carbocycles. The number of aromatic nitrogens is 5. The van der Waals surface area contributed by atoms with Crippen LogP contribution in [0.4, 0.5) is 0 Å². The fourth-order valence-corrected chi connectivity index (χ4v) is 9.73. The lowest BCUT2D eigenvalue weighted by atomic mass is 9.90. The second-order valence-corrected chi connectivity index (χ2v) is 17.0. The number of hydrogen-bond acceptors (Lipinski definition) is 5. The van der Waals surface area contributed by atoms with Gasteiger partial charge in [-0.3, -0.25) is 4.98 Å². The van der Waals surface area contributed by atoms with E-state index < -0.39 is 0 Å². The maximum atomic E-state index is 6.82. The van der Waals surface area contributed by atoms with E-state index in [0.717, 1.165) is 105 Å². The second kappa shape index (κ2) is 16.3. The minimum absolute atomic E-state index is 0.516. The molecule has 0 unspecified atom stereocenters. The Morgan fingerprint density at radius 1 is 0.324 bits per heavy atom. The summed E-state index contributed by atoms with van der Waals surface area (Å²) < 4.78 is 9.16. The van der Waals surface area contributed by atoms with E-state index in [1.807, 2.05) is 72.9 Å². The molecule has 0 amide bonds. The third-order valence-electron chi connectivity index (χ3n) is 12.9. The van der Waals surface area contributed by atoms with Crippen LogP contribution < -0.4 is 0 Å². The van der Waals surface area contributed by atoms with Crippen LogP contribution in [0, 0.1) is 0 Å². The molecule has 0 atom stereocenters. The number of rotatable bonds is 8. The van der Waals surface area contributed by atoms with Gasteiger partial charge in [-0.15, -0.1) is 0 Å². The molecule has 6 nitrogen and oxygen atoms in total. The Bertz CT molecular complexity index is 3940. The van der Waals surface area contributed by atoms with Gasteiger partial charge in [0.15, 0.2) is 17.5 Å². The van der Waals surface area contributed by atoms with Crippen molar-refractivity contribution < 1.29 is 4.42 Å². The quantitative estimate of drug-likeness (QED) is 0.152. The van der Waals surface area contributed by atoms with E-state index in [2.05, 4.69) is 168 Å². The molecule has 13 aromatic rings. The number of hydrogen-bond donors (Lipinski definition) is 0. The molecule has 0 N–H and O–H groups in total. The van der Waals surface area contributed by atoms with Crippen LogP contribution in [0.3, 0.4) is 0 Å². The molecule has 0 bridgehead atoms. The molecule has 0 fully saturated rings. The molecule has 0 aliphatic rings. The van der Waals surface area contributed by atoms with Gasteiger partial charge < -0.3 is 8.98 Å². The van der Waals surface area contributed by atoms with Crippen molar-refractivity contribution in [1.29, 1.82) is 0 Å². The lowest BCUT2D eigenvalue weighted by molar-refractivity contribution is 0.669. The fraction of sp³-hybridized carbons (Fsp3) is 0. The molecule has 6 heteroatoms. The van der Waals surface area contributed by atoms with E-state index >= 15 is 0 Å². The summed E-state index contributed by atoms with van der Waals surface area (Å²) in [5.74, 6) is 1.67. The van der Waals surface area contributed by atoms with Gasteiger partial charge in [-0.05, 0) is 82.4 Å². The summed E-state index contributed by atoms with van der Waals surface area (Å²) in [6.45, 7) is 0. The predicted octanol–water partition coefficient (Wildman–Crippen LogP) is 15.9. The Morgan fingerprint density at radius 3 is 1.59 bits per heavy atom. The van der Waals surface area contributed by atoms with E-state index in [4.69, 9.17) is 24.4 Å². The number of furan rings is 1. The first-order valence-corrected chi connectivity index (χ1v) is 22.8. The molecule has 0 saturated heterocycles. The maximum Gasteiger partial charge on any atom is 0.166 e. The summed E-state index contributed by atoms with van der Waals surface area (Å²) in [4.78, 5) is 21.0. The molecular weight excluding hydrogens is 831 g/mol. The van der Waals surface area contributed by atoms with Crippen molar-refractivity contribution in [1.82, 2.24) is 24.5 Å². The summed E-state index contributed by atoms with van der Waals surface area (Å²) in [7, 11) is 0. The lowest BCUT2D eigenvalue weighted by Gasteiger charge is -2.16. The van der Waals surface area contributed by atoms with Gasteiger partial charge in [0.05, 0.1) is 16.7 Å². The van der Waals surface area contributed by atoms with Crippen LogP contribution in [0.1, 0.15) is 0 Å². The first-order valence-electron chi connectivity index (χ1n) is 22.8. The molecule has 318 valence electrons. The Balaban J connectivity index is 1.05. The lowest BCUT2D eigenvalue weighted by Crippen LogP contribution is -2.02. The van der Waals surface area contributed by atoms with Crippen molar-refractivity contribution in [3.8, 4) is 84.5 Å². The molecule has 4 heterocycles. The molecule has 0 aliphatic heterocycles. The third-order valence-corrected chi connectivity index (χ3v) is 12.9. The topological polar surface area (TPSA) is 69.6 Å². The van der Waals surface area contributed by atoms with E-state index in [9.17, 15) is 0 Å². The number of fused-ring (bicyclic) bond motifs is 7. The summed E-state index contributed by atoms with van der Waals surface area (Å²) >= 11 is 0. The average molecular weight is 870 g/mol. The molecular formula is C62H39N5O. The van der Waals surface area contributed by atoms with Gasteiger partial charge in [0.25, 0.3) is 0 Å². The van der Waals surface area contributed by atoms with Crippen LogP contribution in [0.2, 0.25) is 0 Å². The number of pyridine rings is 1. The molecule has 4 aromatic heterocycles. The highest BCUT2D eigenvalue weighted by molar-refractivity contribution is 6.27. The summed E-state index contributed by atoms with van der Waals surface area (Å²) in [6.07, 6.45) is 1.98.